The third-order valence-electron chi connectivity index (χ3n) is 6.94. The van der Waals surface area contributed by atoms with Crippen LogP contribution in [0.4, 0.5) is 5.69 Å². The molecule has 1 amide bonds. The van der Waals surface area contributed by atoms with E-state index in [2.05, 4.69) is 34.9 Å². The number of benzene rings is 1. The molecule has 0 spiro atoms. The Balaban J connectivity index is 1.34. The Hall–Kier alpha value is -3.63. The lowest BCUT2D eigenvalue weighted by molar-refractivity contribution is -0.117. The zero-order chi connectivity index (χ0) is 24.8. The van der Waals surface area contributed by atoms with Crippen molar-refractivity contribution in [2.45, 2.75) is 52.0 Å². The van der Waals surface area contributed by atoms with E-state index in [4.69, 9.17) is 9.72 Å². The van der Waals surface area contributed by atoms with E-state index < -0.39 is 0 Å². The number of ether oxygens (including phenoxy) is 1. The molecule has 0 N–H and O–H groups in total. The van der Waals surface area contributed by atoms with Crippen molar-refractivity contribution in [1.82, 2.24) is 29.0 Å². The molecule has 186 valence electrons. The van der Waals surface area contributed by atoms with E-state index in [0.717, 1.165) is 54.8 Å². The Morgan fingerprint density at radius 2 is 1.75 bits per heavy atom. The number of fused-ring (bicyclic) bond motifs is 3. The maximum absolute atomic E-state index is 13.3. The minimum absolute atomic E-state index is 0.155. The molecule has 2 atom stereocenters. The summed E-state index contributed by atoms with van der Waals surface area (Å²) in [7, 11) is 0. The summed E-state index contributed by atoms with van der Waals surface area (Å²) in [4.78, 5) is 38.7. The summed E-state index contributed by atoms with van der Waals surface area (Å²) < 4.78 is 8.83. The molecule has 5 heterocycles. The Morgan fingerprint density at radius 1 is 0.972 bits per heavy atom. The first-order valence-corrected chi connectivity index (χ1v) is 12.4. The van der Waals surface area contributed by atoms with Gasteiger partial charge in [-0.1, -0.05) is 12.1 Å². The van der Waals surface area contributed by atoms with Crippen LogP contribution in [0, 0.1) is 0 Å². The summed E-state index contributed by atoms with van der Waals surface area (Å²) >= 11 is 0. The highest BCUT2D eigenvalue weighted by Gasteiger charge is 2.23. The van der Waals surface area contributed by atoms with Gasteiger partial charge in [0, 0.05) is 44.5 Å². The van der Waals surface area contributed by atoms with Crippen molar-refractivity contribution in [2.24, 2.45) is 0 Å². The van der Waals surface area contributed by atoms with Crippen LogP contribution in [0.25, 0.3) is 16.7 Å². The van der Waals surface area contributed by atoms with E-state index in [1.807, 2.05) is 35.4 Å². The van der Waals surface area contributed by atoms with Gasteiger partial charge in [-0.3, -0.25) is 14.3 Å². The fourth-order valence-electron chi connectivity index (χ4n) is 5.44. The third kappa shape index (κ3) is 4.16. The molecule has 0 radical (unpaired) electrons. The molecule has 10 nitrogen and oxygen atoms in total. The summed E-state index contributed by atoms with van der Waals surface area (Å²) in [5.41, 5.74) is 3.68. The van der Waals surface area contributed by atoms with Gasteiger partial charge in [-0.25, -0.2) is 14.8 Å². The first kappa shape index (κ1) is 22.8. The number of amides is 1. The summed E-state index contributed by atoms with van der Waals surface area (Å²) in [6.07, 6.45) is 5.10. The number of nitrogens with zero attached hydrogens (tertiary/aromatic N) is 7. The highest BCUT2D eigenvalue weighted by Crippen LogP contribution is 2.23. The highest BCUT2D eigenvalue weighted by atomic mass is 16.5. The fourth-order valence-corrected chi connectivity index (χ4v) is 5.44. The number of aromatic nitrogens is 5. The Kier molecular flexibility index (Phi) is 5.77. The summed E-state index contributed by atoms with van der Waals surface area (Å²) in [5.74, 6) is 0.155. The number of hydrogen-bond acceptors (Lipinski definition) is 7. The lowest BCUT2D eigenvalue weighted by atomic mass is 10.1. The Labute approximate surface area is 208 Å². The maximum atomic E-state index is 13.3. The molecule has 6 rings (SSSR count). The molecular weight excluding hydrogens is 458 g/mol. The molecular formula is C26H29N7O3. The van der Waals surface area contributed by atoms with Gasteiger partial charge in [0.25, 0.3) is 0 Å². The molecule has 2 aliphatic heterocycles. The lowest BCUT2D eigenvalue weighted by Gasteiger charge is -2.35. The van der Waals surface area contributed by atoms with Crippen molar-refractivity contribution >= 4 is 28.3 Å². The van der Waals surface area contributed by atoms with E-state index in [0.29, 0.717) is 24.3 Å². The standard InChI is InChI=1S/C26H29N7O3/c1-17-12-30(13-18(2)36-17)14-20-10-22-24(27-11-20)32(26(35)33-25(22)28-16-29-33)15-19-5-7-21(8-6-19)31-9-3-4-23(31)34/h5-8,10-11,16-18H,3-4,9,12-15H2,1-2H3/t17-,18+. The molecule has 36 heavy (non-hydrogen) atoms. The molecule has 0 aliphatic carbocycles. The SMILES string of the molecule is C[C@@H]1CN(Cc2cnc3c(c2)c2ncnn2c(=O)n3Cc2ccc(N3CCCC3=O)cc2)C[C@H](C)O1. The molecule has 2 saturated heterocycles. The molecule has 0 bridgehead atoms. The largest absolute Gasteiger partial charge is 0.373 e. The second-order valence-corrected chi connectivity index (χ2v) is 9.85. The van der Waals surface area contributed by atoms with Gasteiger partial charge in [-0.15, -0.1) is 0 Å². The molecule has 0 unspecified atom stereocenters. The molecule has 4 aromatic rings. The topological polar surface area (TPSA) is 97.9 Å². The van der Waals surface area contributed by atoms with Crippen molar-refractivity contribution in [3.63, 3.8) is 0 Å². The van der Waals surface area contributed by atoms with Crippen LogP contribution in [0.15, 0.2) is 47.7 Å². The molecule has 2 fully saturated rings. The first-order chi connectivity index (χ1) is 17.5. The van der Waals surface area contributed by atoms with Gasteiger partial charge >= 0.3 is 5.69 Å². The van der Waals surface area contributed by atoms with Gasteiger partial charge in [0.2, 0.25) is 5.91 Å². The normalized spacial score (nSPS) is 21.2. The number of hydrogen-bond donors (Lipinski definition) is 0. The highest BCUT2D eigenvalue weighted by molar-refractivity contribution is 5.95. The minimum atomic E-state index is -0.287. The average molecular weight is 488 g/mol. The van der Waals surface area contributed by atoms with Crippen LogP contribution < -0.4 is 10.6 Å². The molecule has 3 aromatic heterocycles. The van der Waals surface area contributed by atoms with Crippen molar-refractivity contribution < 1.29 is 9.53 Å². The van der Waals surface area contributed by atoms with Gasteiger partial charge < -0.3 is 9.64 Å². The van der Waals surface area contributed by atoms with Crippen molar-refractivity contribution in [2.75, 3.05) is 24.5 Å². The quantitative estimate of drug-likeness (QED) is 0.426. The monoisotopic (exact) mass is 487 g/mol. The maximum Gasteiger partial charge on any atom is 0.352 e. The zero-order valence-electron chi connectivity index (χ0n) is 20.5. The van der Waals surface area contributed by atoms with E-state index in [9.17, 15) is 9.59 Å². The van der Waals surface area contributed by atoms with E-state index in [1.165, 1.54) is 10.8 Å². The summed E-state index contributed by atoms with van der Waals surface area (Å²) in [5, 5.41) is 4.97. The van der Waals surface area contributed by atoms with E-state index in [1.54, 1.807) is 4.57 Å². The van der Waals surface area contributed by atoms with Crippen LogP contribution in [0.1, 0.15) is 37.8 Å². The number of rotatable bonds is 5. The van der Waals surface area contributed by atoms with Crippen molar-refractivity contribution in [3.05, 3.63) is 64.5 Å². The molecule has 0 saturated carbocycles. The number of carbonyl (C=O) groups excluding carboxylic acids is 1. The predicted molar refractivity (Wildman–Crippen MR) is 135 cm³/mol. The lowest BCUT2D eigenvalue weighted by Crippen LogP contribution is -2.44. The first-order valence-electron chi connectivity index (χ1n) is 12.4. The van der Waals surface area contributed by atoms with Crippen LogP contribution in [-0.2, 0) is 22.6 Å². The van der Waals surface area contributed by atoms with Crippen LogP contribution in [0.2, 0.25) is 0 Å². The molecule has 1 aromatic carbocycles. The third-order valence-corrected chi connectivity index (χ3v) is 6.94. The van der Waals surface area contributed by atoms with Crippen LogP contribution in [0.3, 0.4) is 0 Å². The zero-order valence-corrected chi connectivity index (χ0v) is 20.5. The Bertz CT molecular complexity index is 1480. The van der Waals surface area contributed by atoms with Crippen molar-refractivity contribution in [1.29, 1.82) is 0 Å². The van der Waals surface area contributed by atoms with Gasteiger partial charge in [0.15, 0.2) is 5.65 Å². The molecule has 2 aliphatic rings. The average Bonchev–Trinajstić information content (AvgIpc) is 3.51. The predicted octanol–water partition coefficient (Wildman–Crippen LogP) is 2.22. The second kappa shape index (κ2) is 9.11. The smallest absolute Gasteiger partial charge is 0.352 e. The van der Waals surface area contributed by atoms with Crippen LogP contribution >= 0.6 is 0 Å². The second-order valence-electron chi connectivity index (χ2n) is 9.85. The number of carbonyl (C=O) groups is 1. The van der Waals surface area contributed by atoms with Crippen LogP contribution in [0.5, 0.6) is 0 Å². The van der Waals surface area contributed by atoms with Gasteiger partial charge in [0.05, 0.1) is 24.1 Å². The Morgan fingerprint density at radius 3 is 2.47 bits per heavy atom. The molecule has 10 heteroatoms. The number of morpholine rings is 1. The van der Waals surface area contributed by atoms with Gasteiger partial charge in [0.1, 0.15) is 12.0 Å². The van der Waals surface area contributed by atoms with Crippen LogP contribution in [-0.4, -0.2) is 66.8 Å². The van der Waals surface area contributed by atoms with Gasteiger partial charge in [-0.05, 0) is 49.6 Å². The minimum Gasteiger partial charge on any atom is -0.373 e. The fraction of sp³-hybridized carbons (Fsp3) is 0.423. The van der Waals surface area contributed by atoms with E-state index in [-0.39, 0.29) is 23.8 Å². The van der Waals surface area contributed by atoms with E-state index >= 15 is 0 Å². The van der Waals surface area contributed by atoms with Crippen molar-refractivity contribution in [3.8, 4) is 0 Å². The number of pyridine rings is 1. The van der Waals surface area contributed by atoms with Gasteiger partial charge in [-0.2, -0.15) is 9.61 Å². The number of anilines is 1. The summed E-state index contributed by atoms with van der Waals surface area (Å²) in [6, 6.07) is 9.86. The summed E-state index contributed by atoms with van der Waals surface area (Å²) in [6.45, 7) is 7.74.